The zero-order chi connectivity index (χ0) is 40.3. The molecule has 0 N–H and O–H groups in total. The minimum absolute atomic E-state index is 0.845. The SMILES string of the molecule is c1ccc(-c2ccc(N(c3ccc4c(c3)oc3cc(-c5ccc6c7ccccc7n(-c7ccccc7)c6c5)c5ccccc5c34)c3ccccc3-c3ccccc3)cc2)cc1. The Hall–Kier alpha value is -8.14. The van der Waals surface area contributed by atoms with E-state index in [1.165, 1.54) is 43.7 Å². The van der Waals surface area contributed by atoms with Crippen molar-refractivity contribution in [2.24, 2.45) is 0 Å². The predicted molar refractivity (Wildman–Crippen MR) is 257 cm³/mol. The van der Waals surface area contributed by atoms with Crippen molar-refractivity contribution in [3.05, 3.63) is 231 Å². The molecule has 0 bridgehead atoms. The number of benzene rings is 10. The lowest BCUT2D eigenvalue weighted by Gasteiger charge is -2.28. The molecule has 2 aromatic heterocycles. The molecule has 2 heterocycles. The number of aromatic nitrogens is 1. The lowest BCUT2D eigenvalue weighted by atomic mass is 9.94. The number of rotatable bonds is 7. The second kappa shape index (κ2) is 14.3. The minimum Gasteiger partial charge on any atom is -0.456 e. The number of fused-ring (bicyclic) bond motifs is 8. The highest BCUT2D eigenvalue weighted by atomic mass is 16.3. The maximum Gasteiger partial charge on any atom is 0.137 e. The van der Waals surface area contributed by atoms with E-state index in [0.717, 1.165) is 66.9 Å². The van der Waals surface area contributed by atoms with Gasteiger partial charge in [0.15, 0.2) is 0 Å². The third kappa shape index (κ3) is 5.82. The quantitative estimate of drug-likeness (QED) is 0.161. The summed E-state index contributed by atoms with van der Waals surface area (Å²) in [5, 5.41) is 7.07. The van der Waals surface area contributed by atoms with Gasteiger partial charge >= 0.3 is 0 Å². The molecule has 286 valence electrons. The summed E-state index contributed by atoms with van der Waals surface area (Å²) < 4.78 is 9.36. The fraction of sp³-hybridized carbons (Fsp3) is 0. The number of furan rings is 1. The molecule has 12 aromatic rings. The standard InChI is InChI=1S/C58H38N2O/c1-4-16-39(17-5-1)40-28-31-44(32-29-40)59(53-26-14-12-22-46(53)41-18-6-2-7-19-41)45-33-35-51-56(37-45)61-57-38-52(47-23-10-11-25-50(47)58(51)57)42-30-34-49-48-24-13-15-27-54(48)60(55(49)36-42)43-20-8-3-9-21-43/h1-38H. The highest BCUT2D eigenvalue weighted by Gasteiger charge is 2.21. The first-order valence-electron chi connectivity index (χ1n) is 20.8. The molecule has 0 fully saturated rings. The predicted octanol–water partition coefficient (Wildman–Crippen LogP) is 16.3. The maximum absolute atomic E-state index is 6.97. The summed E-state index contributed by atoms with van der Waals surface area (Å²) in [6, 6.07) is 82.7. The van der Waals surface area contributed by atoms with Crippen LogP contribution in [-0.2, 0) is 0 Å². The smallest absolute Gasteiger partial charge is 0.137 e. The largest absolute Gasteiger partial charge is 0.456 e. The molecule has 0 atom stereocenters. The van der Waals surface area contributed by atoms with Crippen LogP contribution in [0.5, 0.6) is 0 Å². The fourth-order valence-corrected chi connectivity index (χ4v) is 9.39. The number of anilines is 3. The van der Waals surface area contributed by atoms with Crippen molar-refractivity contribution >= 4 is 71.6 Å². The lowest BCUT2D eigenvalue weighted by Crippen LogP contribution is -2.11. The molecule has 61 heavy (non-hydrogen) atoms. The Morgan fingerprint density at radius 3 is 1.69 bits per heavy atom. The van der Waals surface area contributed by atoms with Crippen LogP contribution in [0.3, 0.4) is 0 Å². The van der Waals surface area contributed by atoms with E-state index in [2.05, 4.69) is 240 Å². The van der Waals surface area contributed by atoms with Crippen LogP contribution in [0.15, 0.2) is 235 Å². The lowest BCUT2D eigenvalue weighted by molar-refractivity contribution is 0.669. The van der Waals surface area contributed by atoms with Gasteiger partial charge in [0, 0.05) is 50.2 Å². The molecule has 0 saturated carbocycles. The summed E-state index contributed by atoms with van der Waals surface area (Å²) in [5.41, 5.74) is 15.4. The number of hydrogen-bond acceptors (Lipinski definition) is 2. The van der Waals surface area contributed by atoms with Gasteiger partial charge in [0.05, 0.1) is 16.7 Å². The van der Waals surface area contributed by atoms with E-state index in [9.17, 15) is 0 Å². The van der Waals surface area contributed by atoms with E-state index in [1.54, 1.807) is 0 Å². The fourth-order valence-electron chi connectivity index (χ4n) is 9.39. The van der Waals surface area contributed by atoms with Crippen molar-refractivity contribution < 1.29 is 4.42 Å². The molecule has 10 aromatic carbocycles. The molecule has 3 heteroatoms. The molecule has 0 saturated heterocycles. The van der Waals surface area contributed by atoms with Crippen LogP contribution >= 0.6 is 0 Å². The average molecular weight is 779 g/mol. The molecule has 0 radical (unpaired) electrons. The van der Waals surface area contributed by atoms with Crippen LogP contribution in [0, 0.1) is 0 Å². The first-order valence-corrected chi connectivity index (χ1v) is 20.8. The Bertz CT molecular complexity index is 3570. The average Bonchev–Trinajstić information content (AvgIpc) is 3.88. The second-order valence-electron chi connectivity index (χ2n) is 15.7. The third-order valence-corrected chi connectivity index (χ3v) is 12.2. The molecular weight excluding hydrogens is 741 g/mol. The van der Waals surface area contributed by atoms with Gasteiger partial charge in [-0.15, -0.1) is 0 Å². The van der Waals surface area contributed by atoms with Crippen molar-refractivity contribution in [2.75, 3.05) is 4.90 Å². The molecule has 0 aliphatic heterocycles. The van der Waals surface area contributed by atoms with E-state index < -0.39 is 0 Å². The Morgan fingerprint density at radius 2 is 0.902 bits per heavy atom. The van der Waals surface area contributed by atoms with Gasteiger partial charge in [0.2, 0.25) is 0 Å². The molecule has 0 unspecified atom stereocenters. The Morgan fingerprint density at radius 1 is 0.328 bits per heavy atom. The van der Waals surface area contributed by atoms with E-state index in [0.29, 0.717) is 0 Å². The van der Waals surface area contributed by atoms with Gasteiger partial charge in [0.25, 0.3) is 0 Å². The van der Waals surface area contributed by atoms with E-state index in [-0.39, 0.29) is 0 Å². The summed E-state index contributed by atoms with van der Waals surface area (Å²) >= 11 is 0. The van der Waals surface area contributed by atoms with E-state index >= 15 is 0 Å². The molecule has 0 aliphatic carbocycles. The first-order chi connectivity index (χ1) is 30.3. The van der Waals surface area contributed by atoms with Gasteiger partial charge in [0.1, 0.15) is 11.2 Å². The van der Waals surface area contributed by atoms with Crippen LogP contribution in [0.1, 0.15) is 0 Å². The van der Waals surface area contributed by atoms with Gasteiger partial charge in [-0.05, 0) is 99.3 Å². The van der Waals surface area contributed by atoms with Gasteiger partial charge in [-0.2, -0.15) is 0 Å². The highest BCUT2D eigenvalue weighted by molar-refractivity contribution is 6.23. The zero-order valence-electron chi connectivity index (χ0n) is 33.2. The number of para-hydroxylation sites is 3. The Balaban J connectivity index is 1.04. The number of hydrogen-bond donors (Lipinski definition) is 0. The van der Waals surface area contributed by atoms with Gasteiger partial charge < -0.3 is 13.9 Å². The summed E-state index contributed by atoms with van der Waals surface area (Å²) in [7, 11) is 0. The van der Waals surface area contributed by atoms with Crippen LogP contribution in [-0.4, -0.2) is 4.57 Å². The van der Waals surface area contributed by atoms with Crippen molar-refractivity contribution in [2.45, 2.75) is 0 Å². The molecule has 3 nitrogen and oxygen atoms in total. The summed E-state index contributed by atoms with van der Waals surface area (Å²) in [5.74, 6) is 0. The van der Waals surface area contributed by atoms with Gasteiger partial charge in [-0.3, -0.25) is 0 Å². The summed E-state index contributed by atoms with van der Waals surface area (Å²) in [6.45, 7) is 0. The monoisotopic (exact) mass is 778 g/mol. The molecule has 0 spiro atoms. The maximum atomic E-state index is 6.97. The third-order valence-electron chi connectivity index (χ3n) is 12.2. The Kier molecular flexibility index (Phi) is 8.17. The van der Waals surface area contributed by atoms with Crippen molar-refractivity contribution in [3.8, 4) is 39.1 Å². The number of nitrogens with zero attached hydrogens (tertiary/aromatic N) is 2. The Labute approximate surface area is 353 Å². The second-order valence-corrected chi connectivity index (χ2v) is 15.7. The zero-order valence-corrected chi connectivity index (χ0v) is 33.2. The van der Waals surface area contributed by atoms with Crippen LogP contribution in [0.25, 0.3) is 93.6 Å². The van der Waals surface area contributed by atoms with Gasteiger partial charge in [-0.1, -0.05) is 164 Å². The minimum atomic E-state index is 0.845. The van der Waals surface area contributed by atoms with Crippen molar-refractivity contribution in [1.82, 2.24) is 4.57 Å². The van der Waals surface area contributed by atoms with E-state index in [4.69, 9.17) is 4.42 Å². The normalized spacial score (nSPS) is 11.6. The van der Waals surface area contributed by atoms with Crippen LogP contribution < -0.4 is 4.90 Å². The molecule has 0 aliphatic rings. The van der Waals surface area contributed by atoms with Crippen molar-refractivity contribution in [1.29, 1.82) is 0 Å². The molecule has 12 rings (SSSR count). The molecular formula is C58H38N2O. The summed E-state index contributed by atoms with van der Waals surface area (Å²) in [6.07, 6.45) is 0. The van der Waals surface area contributed by atoms with Crippen LogP contribution in [0.2, 0.25) is 0 Å². The highest BCUT2D eigenvalue weighted by Crippen LogP contribution is 2.46. The first kappa shape index (κ1) is 34.9. The van der Waals surface area contributed by atoms with Gasteiger partial charge in [-0.25, -0.2) is 0 Å². The molecule has 0 amide bonds. The summed E-state index contributed by atoms with van der Waals surface area (Å²) in [4.78, 5) is 2.36. The van der Waals surface area contributed by atoms with Crippen LogP contribution in [0.4, 0.5) is 17.1 Å². The topological polar surface area (TPSA) is 21.3 Å². The van der Waals surface area contributed by atoms with Crippen molar-refractivity contribution in [3.63, 3.8) is 0 Å². The van der Waals surface area contributed by atoms with E-state index in [1.807, 2.05) is 0 Å².